The van der Waals surface area contributed by atoms with Crippen LogP contribution >= 0.6 is 23.2 Å². The molecule has 0 aliphatic carbocycles. The summed E-state index contributed by atoms with van der Waals surface area (Å²) in [5, 5.41) is 0.524. The molecule has 2 aromatic rings. The number of rotatable bonds is 3. The van der Waals surface area contributed by atoms with Crippen LogP contribution in [0.3, 0.4) is 0 Å². The number of alkyl halides is 1. The van der Waals surface area contributed by atoms with Crippen LogP contribution in [0.4, 0.5) is 0 Å². The van der Waals surface area contributed by atoms with Gasteiger partial charge in [0.2, 0.25) is 6.79 Å². The van der Waals surface area contributed by atoms with Crippen molar-refractivity contribution in [3.8, 4) is 23.0 Å². The summed E-state index contributed by atoms with van der Waals surface area (Å²) in [5.74, 6) is 3.03. The molecular formula is C14H10Cl2O3. The lowest BCUT2D eigenvalue weighted by molar-refractivity contribution is 0.174. The van der Waals surface area contributed by atoms with E-state index in [2.05, 4.69) is 0 Å². The Morgan fingerprint density at radius 3 is 2.68 bits per heavy atom. The van der Waals surface area contributed by atoms with Crippen LogP contribution in [-0.4, -0.2) is 6.79 Å². The van der Waals surface area contributed by atoms with Gasteiger partial charge in [0.15, 0.2) is 11.5 Å². The van der Waals surface area contributed by atoms with E-state index >= 15 is 0 Å². The fourth-order valence-electron chi connectivity index (χ4n) is 1.78. The molecule has 0 fully saturated rings. The third-order valence-corrected chi connectivity index (χ3v) is 3.33. The van der Waals surface area contributed by atoms with E-state index in [9.17, 15) is 0 Å². The Morgan fingerprint density at radius 2 is 1.89 bits per heavy atom. The number of halogens is 2. The Morgan fingerprint density at radius 1 is 1.05 bits per heavy atom. The average Bonchev–Trinajstić information content (AvgIpc) is 2.88. The molecule has 0 radical (unpaired) electrons. The maximum absolute atomic E-state index is 6.14. The fraction of sp³-hybridized carbons (Fsp3) is 0.143. The zero-order valence-electron chi connectivity index (χ0n) is 9.86. The van der Waals surface area contributed by atoms with Gasteiger partial charge in [0, 0.05) is 11.9 Å². The summed E-state index contributed by atoms with van der Waals surface area (Å²) < 4.78 is 16.3. The summed E-state index contributed by atoms with van der Waals surface area (Å²) in [4.78, 5) is 0. The SMILES string of the molecule is ClCc1ccc(Oc2ccc3c(c2)OCO3)c(Cl)c1. The van der Waals surface area contributed by atoms with Crippen LogP contribution in [0.15, 0.2) is 36.4 Å². The highest BCUT2D eigenvalue weighted by atomic mass is 35.5. The average molecular weight is 297 g/mol. The van der Waals surface area contributed by atoms with Gasteiger partial charge in [0.1, 0.15) is 11.5 Å². The molecule has 3 rings (SSSR count). The second-order valence-corrected chi connectivity index (χ2v) is 4.69. The Bertz CT molecular complexity index is 614. The van der Waals surface area contributed by atoms with Crippen molar-refractivity contribution in [1.82, 2.24) is 0 Å². The van der Waals surface area contributed by atoms with Gasteiger partial charge in [-0.05, 0) is 29.8 Å². The zero-order valence-corrected chi connectivity index (χ0v) is 11.4. The van der Waals surface area contributed by atoms with E-state index in [1.54, 1.807) is 30.3 Å². The predicted molar refractivity (Wildman–Crippen MR) is 73.6 cm³/mol. The summed E-state index contributed by atoms with van der Waals surface area (Å²) in [7, 11) is 0. The van der Waals surface area contributed by atoms with Crippen molar-refractivity contribution in [3.63, 3.8) is 0 Å². The summed E-state index contributed by atoms with van der Waals surface area (Å²) in [5.41, 5.74) is 0.949. The topological polar surface area (TPSA) is 27.7 Å². The quantitative estimate of drug-likeness (QED) is 0.775. The molecule has 0 saturated heterocycles. The maximum Gasteiger partial charge on any atom is 0.231 e. The van der Waals surface area contributed by atoms with Crippen LogP contribution in [-0.2, 0) is 5.88 Å². The van der Waals surface area contributed by atoms with Gasteiger partial charge in [0.05, 0.1) is 5.02 Å². The molecule has 1 aliphatic heterocycles. The third-order valence-electron chi connectivity index (χ3n) is 2.72. The number of fused-ring (bicyclic) bond motifs is 1. The van der Waals surface area contributed by atoms with Gasteiger partial charge in [-0.3, -0.25) is 0 Å². The Hall–Kier alpha value is -1.58. The van der Waals surface area contributed by atoms with Gasteiger partial charge in [-0.2, -0.15) is 0 Å². The van der Waals surface area contributed by atoms with Crippen molar-refractivity contribution in [2.75, 3.05) is 6.79 Å². The summed E-state index contributed by atoms with van der Waals surface area (Å²) >= 11 is 11.9. The van der Waals surface area contributed by atoms with Crippen LogP contribution in [0.1, 0.15) is 5.56 Å². The number of hydrogen-bond acceptors (Lipinski definition) is 3. The molecule has 0 N–H and O–H groups in total. The van der Waals surface area contributed by atoms with Gasteiger partial charge >= 0.3 is 0 Å². The minimum absolute atomic E-state index is 0.240. The normalized spacial score (nSPS) is 12.5. The monoisotopic (exact) mass is 296 g/mol. The van der Waals surface area contributed by atoms with E-state index in [1.807, 2.05) is 6.07 Å². The molecule has 0 aromatic heterocycles. The van der Waals surface area contributed by atoms with E-state index in [1.165, 1.54) is 0 Å². The first-order valence-corrected chi connectivity index (χ1v) is 6.59. The lowest BCUT2D eigenvalue weighted by atomic mass is 10.2. The van der Waals surface area contributed by atoms with Gasteiger partial charge in [0.25, 0.3) is 0 Å². The summed E-state index contributed by atoms with van der Waals surface area (Å²) in [6.07, 6.45) is 0. The van der Waals surface area contributed by atoms with Gasteiger partial charge < -0.3 is 14.2 Å². The molecule has 0 bridgehead atoms. The number of ether oxygens (including phenoxy) is 3. The van der Waals surface area contributed by atoms with Crippen molar-refractivity contribution < 1.29 is 14.2 Å². The van der Waals surface area contributed by atoms with Crippen molar-refractivity contribution in [2.24, 2.45) is 0 Å². The van der Waals surface area contributed by atoms with Crippen molar-refractivity contribution in [3.05, 3.63) is 47.0 Å². The summed E-state index contributed by atoms with van der Waals surface area (Å²) in [6, 6.07) is 10.8. The molecule has 0 spiro atoms. The highest BCUT2D eigenvalue weighted by Gasteiger charge is 2.14. The second-order valence-electron chi connectivity index (χ2n) is 4.02. The van der Waals surface area contributed by atoms with E-state index in [4.69, 9.17) is 37.4 Å². The molecule has 0 unspecified atom stereocenters. The number of hydrogen-bond donors (Lipinski definition) is 0. The smallest absolute Gasteiger partial charge is 0.231 e. The fourth-order valence-corrected chi connectivity index (χ4v) is 2.19. The second kappa shape index (κ2) is 5.19. The predicted octanol–water partition coefficient (Wildman–Crippen LogP) is 4.60. The zero-order chi connectivity index (χ0) is 13.2. The summed E-state index contributed by atoms with van der Waals surface area (Å²) in [6.45, 7) is 0.240. The highest BCUT2D eigenvalue weighted by molar-refractivity contribution is 6.32. The molecule has 5 heteroatoms. The first-order valence-electron chi connectivity index (χ1n) is 5.68. The van der Waals surface area contributed by atoms with E-state index < -0.39 is 0 Å². The van der Waals surface area contributed by atoms with Crippen molar-refractivity contribution >= 4 is 23.2 Å². The molecule has 0 atom stereocenters. The lowest BCUT2D eigenvalue weighted by Crippen LogP contribution is -1.92. The van der Waals surface area contributed by atoms with Crippen LogP contribution in [0.25, 0.3) is 0 Å². The van der Waals surface area contributed by atoms with Crippen molar-refractivity contribution in [2.45, 2.75) is 5.88 Å². The Balaban J connectivity index is 1.85. The molecule has 1 aliphatic rings. The lowest BCUT2D eigenvalue weighted by Gasteiger charge is -2.09. The Labute approximate surface area is 120 Å². The molecular weight excluding hydrogens is 287 g/mol. The van der Waals surface area contributed by atoms with Gasteiger partial charge in [-0.25, -0.2) is 0 Å². The molecule has 2 aromatic carbocycles. The molecule has 98 valence electrons. The molecule has 0 saturated carbocycles. The van der Waals surface area contributed by atoms with Gasteiger partial charge in [-0.1, -0.05) is 17.7 Å². The van der Waals surface area contributed by atoms with Crippen LogP contribution in [0, 0.1) is 0 Å². The first kappa shape index (κ1) is 12.5. The molecule has 0 amide bonds. The van der Waals surface area contributed by atoms with E-state index in [-0.39, 0.29) is 6.79 Å². The van der Waals surface area contributed by atoms with Gasteiger partial charge in [-0.15, -0.1) is 11.6 Å². The molecule has 3 nitrogen and oxygen atoms in total. The minimum atomic E-state index is 0.240. The number of benzene rings is 2. The first-order chi connectivity index (χ1) is 9.26. The third kappa shape index (κ3) is 2.57. The Kier molecular flexibility index (Phi) is 3.40. The van der Waals surface area contributed by atoms with Crippen LogP contribution in [0.2, 0.25) is 5.02 Å². The van der Waals surface area contributed by atoms with Crippen molar-refractivity contribution in [1.29, 1.82) is 0 Å². The minimum Gasteiger partial charge on any atom is -0.456 e. The van der Waals surface area contributed by atoms with E-state index in [0.717, 1.165) is 11.3 Å². The molecule has 19 heavy (non-hydrogen) atoms. The standard InChI is InChI=1S/C14H10Cl2O3/c15-7-9-1-3-12(11(16)5-9)19-10-2-4-13-14(6-10)18-8-17-13/h1-6H,7-8H2. The largest absolute Gasteiger partial charge is 0.456 e. The molecule has 1 heterocycles. The highest BCUT2D eigenvalue weighted by Crippen LogP contribution is 2.38. The van der Waals surface area contributed by atoms with E-state index in [0.29, 0.717) is 28.2 Å². The van der Waals surface area contributed by atoms with Crippen LogP contribution < -0.4 is 14.2 Å². The van der Waals surface area contributed by atoms with Crippen LogP contribution in [0.5, 0.6) is 23.0 Å². The maximum atomic E-state index is 6.14.